The number of rotatable bonds is 3. The number of fused-ring (bicyclic) bond motifs is 2. The molecule has 0 bridgehead atoms. The molecule has 39 heavy (non-hydrogen) atoms. The number of halogens is 4. The van der Waals surface area contributed by atoms with Crippen molar-refractivity contribution in [2.75, 3.05) is 19.6 Å². The van der Waals surface area contributed by atoms with E-state index in [0.29, 0.717) is 23.9 Å². The van der Waals surface area contributed by atoms with Crippen molar-refractivity contribution in [1.82, 2.24) is 0 Å². The maximum atomic E-state index is 15.8. The molecular formula is C28H23F4N2O4P+2. The Morgan fingerprint density at radius 2 is 1.77 bits per heavy atom. The van der Waals surface area contributed by atoms with Crippen molar-refractivity contribution in [3.05, 3.63) is 87.0 Å². The van der Waals surface area contributed by atoms with Gasteiger partial charge in [0.25, 0.3) is 7.37 Å². The van der Waals surface area contributed by atoms with Gasteiger partial charge in [-0.05, 0) is 37.1 Å². The molecular weight excluding hydrogens is 535 g/mol. The molecule has 6 nitrogen and oxygen atoms in total. The molecule has 1 aliphatic carbocycles. The van der Waals surface area contributed by atoms with E-state index in [4.69, 9.17) is 0 Å². The third-order valence-corrected chi connectivity index (χ3v) is 9.66. The molecule has 0 saturated carbocycles. The molecule has 3 aliphatic heterocycles. The van der Waals surface area contributed by atoms with Crippen molar-refractivity contribution >= 4 is 41.8 Å². The number of carbonyl (C=O) groups is 1. The predicted octanol–water partition coefficient (Wildman–Crippen LogP) is 4.45. The van der Waals surface area contributed by atoms with Gasteiger partial charge < -0.3 is 10.00 Å². The fourth-order valence-corrected chi connectivity index (χ4v) is 7.41. The standard InChI is InChI=1S/C28H21F4N2O4P/c1-13-9-33(10-13)16-3-5-18-20(7-16)39(37,38)21-8-17(34-11-15(29)12-34)4-6-19(21)22(18)23-24(28(35)36)27(32)26(31)14(2)25(23)30/h3-9,13,15H,10-12H2,1-2H3/p+2. The van der Waals surface area contributed by atoms with Crippen LogP contribution in [0, 0.1) is 30.3 Å². The Labute approximate surface area is 220 Å². The predicted molar refractivity (Wildman–Crippen MR) is 137 cm³/mol. The summed E-state index contributed by atoms with van der Waals surface area (Å²) in [6, 6.07) is 4.61. The number of carboxylic acids is 1. The van der Waals surface area contributed by atoms with Gasteiger partial charge in [0, 0.05) is 41.0 Å². The van der Waals surface area contributed by atoms with Gasteiger partial charge in [-0.15, -0.1) is 0 Å². The van der Waals surface area contributed by atoms with E-state index in [9.17, 15) is 28.1 Å². The summed E-state index contributed by atoms with van der Waals surface area (Å²) in [6.45, 7) is 3.86. The van der Waals surface area contributed by atoms with E-state index in [1.807, 2.05) is 17.7 Å². The van der Waals surface area contributed by atoms with Crippen molar-refractivity contribution in [3.8, 4) is 0 Å². The molecule has 200 valence electrons. The third-order valence-electron chi connectivity index (χ3n) is 7.61. The highest BCUT2D eigenvalue weighted by molar-refractivity contribution is 7.71. The van der Waals surface area contributed by atoms with Crippen LogP contribution in [0.4, 0.5) is 23.2 Å². The summed E-state index contributed by atoms with van der Waals surface area (Å²) in [5.74, 6) is -6.21. The van der Waals surface area contributed by atoms with Crippen molar-refractivity contribution in [3.63, 3.8) is 0 Å². The molecule has 2 N–H and O–H groups in total. The van der Waals surface area contributed by atoms with E-state index >= 15 is 8.78 Å². The summed E-state index contributed by atoms with van der Waals surface area (Å²) < 4.78 is 76.5. The smallest absolute Gasteiger partial charge is 0.339 e. The summed E-state index contributed by atoms with van der Waals surface area (Å²) in [7, 11) is -4.37. The molecule has 0 spiro atoms. The molecule has 0 aromatic heterocycles. The quantitative estimate of drug-likeness (QED) is 0.253. The maximum absolute atomic E-state index is 15.8. The zero-order valence-corrected chi connectivity index (χ0v) is 21.8. The second-order valence-electron chi connectivity index (χ2n) is 10.3. The first-order valence-electron chi connectivity index (χ1n) is 12.3. The minimum absolute atomic E-state index is 0.0121. The van der Waals surface area contributed by atoms with Gasteiger partial charge in [-0.3, -0.25) is 4.57 Å². The molecule has 11 heteroatoms. The van der Waals surface area contributed by atoms with E-state index in [0.717, 1.165) is 6.92 Å². The molecule has 1 fully saturated rings. The lowest BCUT2D eigenvalue weighted by molar-refractivity contribution is -0.599. The summed E-state index contributed by atoms with van der Waals surface area (Å²) in [4.78, 5) is 23.7. The van der Waals surface area contributed by atoms with Crippen LogP contribution in [0.25, 0.3) is 5.57 Å². The third kappa shape index (κ3) is 3.72. The minimum atomic E-state index is -4.37. The lowest BCUT2D eigenvalue weighted by Gasteiger charge is -2.31. The van der Waals surface area contributed by atoms with E-state index in [2.05, 4.69) is 0 Å². The van der Waals surface area contributed by atoms with Crippen molar-refractivity contribution in [2.24, 2.45) is 5.92 Å². The second kappa shape index (κ2) is 8.69. The van der Waals surface area contributed by atoms with E-state index in [-0.39, 0.29) is 40.4 Å². The lowest BCUT2D eigenvalue weighted by Crippen LogP contribution is -2.44. The zero-order chi connectivity index (χ0) is 28.0. The summed E-state index contributed by atoms with van der Waals surface area (Å²) in [5, 5.41) is 9.62. The summed E-state index contributed by atoms with van der Waals surface area (Å²) >= 11 is 0. The first-order chi connectivity index (χ1) is 18.4. The molecule has 6 rings (SSSR count). The Kier molecular flexibility index (Phi) is 5.72. The van der Waals surface area contributed by atoms with Crippen LogP contribution < -0.4 is 5.30 Å². The van der Waals surface area contributed by atoms with Gasteiger partial charge >= 0.3 is 5.97 Å². The monoisotopic (exact) mass is 558 g/mol. The first kappa shape index (κ1) is 25.6. The maximum Gasteiger partial charge on any atom is 0.339 e. The molecule has 2 aromatic rings. The van der Waals surface area contributed by atoms with Crippen LogP contribution in [-0.4, -0.2) is 62.9 Å². The number of allylic oxidation sites excluding steroid dienone is 5. The summed E-state index contributed by atoms with van der Waals surface area (Å²) in [6.07, 6.45) is 5.26. The van der Waals surface area contributed by atoms with Crippen LogP contribution >= 0.6 is 7.37 Å². The highest BCUT2D eigenvalue weighted by atomic mass is 31.2. The van der Waals surface area contributed by atoms with Crippen LogP contribution in [0.3, 0.4) is 0 Å². The number of nitrogens with zero attached hydrogens (tertiary/aromatic N) is 2. The number of aromatic carboxylic acids is 1. The number of alkyl halides is 1. The fraction of sp³-hybridized carbons (Fsp3) is 0.250. The average Bonchev–Trinajstić information content (AvgIpc) is 2.86. The van der Waals surface area contributed by atoms with Gasteiger partial charge in [-0.1, -0.05) is 0 Å². The van der Waals surface area contributed by atoms with Crippen LogP contribution in [0.1, 0.15) is 34.0 Å². The first-order valence-corrected chi connectivity index (χ1v) is 14.0. The Hall–Kier alpha value is -3.62. The van der Waals surface area contributed by atoms with Crippen LogP contribution in [0.2, 0.25) is 0 Å². The van der Waals surface area contributed by atoms with Gasteiger partial charge in [0.15, 0.2) is 37.5 Å². The van der Waals surface area contributed by atoms with Crippen molar-refractivity contribution < 1.29 is 46.1 Å². The van der Waals surface area contributed by atoms with Gasteiger partial charge in [-0.2, -0.15) is 0 Å². The fourth-order valence-electron chi connectivity index (χ4n) is 5.51. The molecule has 0 radical (unpaired) electrons. The lowest BCUT2D eigenvalue weighted by atomic mass is 9.85. The van der Waals surface area contributed by atoms with E-state index in [1.165, 1.54) is 24.3 Å². The highest BCUT2D eigenvalue weighted by Gasteiger charge is 2.44. The van der Waals surface area contributed by atoms with Crippen molar-refractivity contribution in [2.45, 2.75) is 20.0 Å². The largest absolute Gasteiger partial charge is 0.478 e. The molecule has 0 amide bonds. The van der Waals surface area contributed by atoms with Crippen LogP contribution in [-0.2, 0) is 4.57 Å². The SMILES string of the molecule is Cc1c(F)c(F)c(C(=O)O)c(C2=C3C=CC(=[N+]4CC(F)C4)C=C3P(=O)(O)c3cc([N+]4=CC(C)C4)ccc32)c1F. The van der Waals surface area contributed by atoms with Gasteiger partial charge in [-0.25, -0.2) is 31.5 Å². The Balaban J connectivity index is 1.71. The minimum Gasteiger partial charge on any atom is -0.478 e. The van der Waals surface area contributed by atoms with E-state index in [1.54, 1.807) is 16.7 Å². The van der Waals surface area contributed by atoms with Crippen molar-refractivity contribution in [1.29, 1.82) is 0 Å². The van der Waals surface area contributed by atoms with Crippen LogP contribution in [0.5, 0.6) is 0 Å². The number of hydrogen-bond acceptors (Lipinski definition) is 2. The Morgan fingerprint density at radius 3 is 2.38 bits per heavy atom. The summed E-state index contributed by atoms with van der Waals surface area (Å²) in [5.41, 5.74) is -1.66. The van der Waals surface area contributed by atoms with Gasteiger partial charge in [0.2, 0.25) is 17.6 Å². The zero-order valence-electron chi connectivity index (χ0n) is 20.9. The van der Waals surface area contributed by atoms with Crippen LogP contribution in [0.15, 0.2) is 47.3 Å². The Morgan fingerprint density at radius 1 is 1.08 bits per heavy atom. The highest BCUT2D eigenvalue weighted by Crippen LogP contribution is 2.60. The molecule has 2 unspecified atom stereocenters. The topological polar surface area (TPSA) is 80.6 Å². The molecule has 4 aliphatic rings. The molecule has 2 atom stereocenters. The number of benzene rings is 2. The molecule has 1 saturated heterocycles. The number of carboxylic acid groups (broad SMARTS) is 1. The second-order valence-corrected chi connectivity index (χ2v) is 12.4. The van der Waals surface area contributed by atoms with E-state index < -0.39 is 53.7 Å². The number of hydrogen-bond donors (Lipinski definition) is 2. The normalized spacial score (nSPS) is 25.4. The van der Waals surface area contributed by atoms with Gasteiger partial charge in [0.1, 0.15) is 11.4 Å². The Bertz CT molecular complexity index is 1730. The average molecular weight is 558 g/mol. The molecule has 3 heterocycles. The molecule has 2 aromatic carbocycles. The van der Waals surface area contributed by atoms with Gasteiger partial charge in [0.05, 0.1) is 16.5 Å².